The van der Waals surface area contributed by atoms with Crippen LogP contribution in [0.25, 0.3) is 21.9 Å². The molecule has 0 fully saturated rings. The minimum atomic E-state index is 0.221. The quantitative estimate of drug-likeness (QED) is 0.492. The summed E-state index contributed by atoms with van der Waals surface area (Å²) in [5, 5.41) is 2.14. The molecule has 0 saturated heterocycles. The molecule has 0 aliphatic carbocycles. The van der Waals surface area contributed by atoms with Crippen molar-refractivity contribution in [2.24, 2.45) is 0 Å². The molecule has 4 nitrogen and oxygen atoms in total. The first-order valence-electron chi connectivity index (χ1n) is 10.2. The van der Waals surface area contributed by atoms with Crippen molar-refractivity contribution in [3.05, 3.63) is 48.0 Å². The van der Waals surface area contributed by atoms with Crippen molar-refractivity contribution in [3.63, 3.8) is 0 Å². The maximum absolute atomic E-state index is 6.37. The first kappa shape index (κ1) is 19.4. The summed E-state index contributed by atoms with van der Waals surface area (Å²) in [6, 6.07) is 14.6. The number of unbranched alkanes of at least 4 members (excludes halogenated alkanes) is 1. The predicted octanol–water partition coefficient (Wildman–Crippen LogP) is 6.03. The van der Waals surface area contributed by atoms with Gasteiger partial charge in [-0.15, -0.1) is 0 Å². The van der Waals surface area contributed by atoms with Crippen molar-refractivity contribution in [1.82, 2.24) is 0 Å². The fraction of sp³-hybridized carbons (Fsp3) is 0.360. The van der Waals surface area contributed by atoms with Crippen LogP contribution in [0.3, 0.4) is 0 Å². The highest BCUT2D eigenvalue weighted by atomic mass is 16.5. The highest BCUT2D eigenvalue weighted by Gasteiger charge is 2.29. The fourth-order valence-corrected chi connectivity index (χ4v) is 4.29. The lowest BCUT2D eigenvalue weighted by atomic mass is 9.91. The van der Waals surface area contributed by atoms with Crippen LogP contribution < -0.4 is 18.9 Å². The molecular weight excluding hydrogens is 364 g/mol. The minimum absolute atomic E-state index is 0.221. The molecule has 4 rings (SSSR count). The van der Waals surface area contributed by atoms with E-state index in [0.717, 1.165) is 40.5 Å². The summed E-state index contributed by atoms with van der Waals surface area (Å²) in [6.45, 7) is 2.22. The molecule has 1 aliphatic rings. The molecule has 0 N–H and O–H groups in total. The number of benzene rings is 3. The van der Waals surface area contributed by atoms with Crippen molar-refractivity contribution in [2.45, 2.75) is 38.7 Å². The molecule has 1 aliphatic heterocycles. The Kier molecular flexibility index (Phi) is 5.52. The Balaban J connectivity index is 2.01. The fourth-order valence-electron chi connectivity index (χ4n) is 4.29. The van der Waals surface area contributed by atoms with E-state index in [9.17, 15) is 0 Å². The Morgan fingerprint density at radius 2 is 1.72 bits per heavy atom. The van der Waals surface area contributed by atoms with Crippen LogP contribution in [0.15, 0.2) is 42.5 Å². The van der Waals surface area contributed by atoms with E-state index in [0.29, 0.717) is 17.2 Å². The zero-order valence-electron chi connectivity index (χ0n) is 17.6. The molecule has 0 amide bonds. The minimum Gasteiger partial charge on any atom is -0.493 e. The van der Waals surface area contributed by atoms with Gasteiger partial charge < -0.3 is 18.9 Å². The van der Waals surface area contributed by atoms with Gasteiger partial charge in [-0.05, 0) is 35.1 Å². The molecule has 1 atom stereocenters. The van der Waals surface area contributed by atoms with Gasteiger partial charge in [0.25, 0.3) is 0 Å². The molecular formula is C25H28O4. The van der Waals surface area contributed by atoms with E-state index in [1.165, 1.54) is 18.4 Å². The zero-order valence-corrected chi connectivity index (χ0v) is 17.6. The SMILES string of the molecule is CCCCC1Cc2c(cc(-c3ccccc3)c3c(OC)c(OC)c(OC)cc23)O1. The maximum atomic E-state index is 6.37. The lowest BCUT2D eigenvalue weighted by molar-refractivity contribution is 0.217. The average Bonchev–Trinajstić information content (AvgIpc) is 3.19. The van der Waals surface area contributed by atoms with Crippen LogP contribution in [0.2, 0.25) is 0 Å². The van der Waals surface area contributed by atoms with Crippen LogP contribution in [0.1, 0.15) is 31.7 Å². The Bertz CT molecular complexity index is 1010. The molecule has 3 aromatic carbocycles. The first-order chi connectivity index (χ1) is 14.2. The maximum Gasteiger partial charge on any atom is 0.203 e. The third-order valence-corrected chi connectivity index (χ3v) is 5.69. The van der Waals surface area contributed by atoms with Gasteiger partial charge in [-0.2, -0.15) is 0 Å². The van der Waals surface area contributed by atoms with Crippen molar-refractivity contribution in [1.29, 1.82) is 0 Å². The highest BCUT2D eigenvalue weighted by molar-refractivity contribution is 6.06. The molecule has 0 saturated carbocycles. The van der Waals surface area contributed by atoms with Gasteiger partial charge in [0.05, 0.1) is 21.3 Å². The second-order valence-electron chi connectivity index (χ2n) is 7.42. The largest absolute Gasteiger partial charge is 0.493 e. The number of hydrogen-bond acceptors (Lipinski definition) is 4. The van der Waals surface area contributed by atoms with E-state index in [1.807, 2.05) is 18.2 Å². The number of rotatable bonds is 7. The van der Waals surface area contributed by atoms with Crippen LogP contribution in [-0.4, -0.2) is 27.4 Å². The van der Waals surface area contributed by atoms with Gasteiger partial charge in [-0.25, -0.2) is 0 Å². The molecule has 4 heteroatoms. The first-order valence-corrected chi connectivity index (χ1v) is 10.2. The topological polar surface area (TPSA) is 36.9 Å². The summed E-state index contributed by atoms with van der Waals surface area (Å²) >= 11 is 0. The summed E-state index contributed by atoms with van der Waals surface area (Å²) < 4.78 is 23.5. The number of methoxy groups -OCH3 is 3. The van der Waals surface area contributed by atoms with Crippen LogP contribution in [0.4, 0.5) is 0 Å². The van der Waals surface area contributed by atoms with Gasteiger partial charge >= 0.3 is 0 Å². The Morgan fingerprint density at radius 1 is 0.966 bits per heavy atom. The standard InChI is InChI=1S/C25H28O4/c1-5-6-12-17-13-19-20-15-22(26-2)24(27-3)25(28-4)23(20)18(14-21(19)29-17)16-10-8-7-9-11-16/h7-11,14-15,17H,5-6,12-13H2,1-4H3. The highest BCUT2D eigenvalue weighted by Crippen LogP contribution is 2.51. The van der Waals surface area contributed by atoms with E-state index in [2.05, 4.69) is 31.2 Å². The summed E-state index contributed by atoms with van der Waals surface area (Å²) in [5.41, 5.74) is 3.42. The second-order valence-corrected chi connectivity index (χ2v) is 7.42. The number of fused-ring (bicyclic) bond motifs is 3. The van der Waals surface area contributed by atoms with Crippen LogP contribution >= 0.6 is 0 Å². The molecule has 0 spiro atoms. The molecule has 29 heavy (non-hydrogen) atoms. The van der Waals surface area contributed by atoms with Crippen LogP contribution in [0.5, 0.6) is 23.0 Å². The molecule has 0 bridgehead atoms. The van der Waals surface area contributed by atoms with Crippen molar-refractivity contribution in [2.75, 3.05) is 21.3 Å². The average molecular weight is 392 g/mol. The molecule has 0 radical (unpaired) electrons. The second kappa shape index (κ2) is 8.24. The molecule has 1 heterocycles. The third kappa shape index (κ3) is 3.37. The zero-order chi connectivity index (χ0) is 20.4. The molecule has 152 valence electrons. The van der Waals surface area contributed by atoms with E-state index < -0.39 is 0 Å². The molecule has 0 aromatic heterocycles. The third-order valence-electron chi connectivity index (χ3n) is 5.69. The number of ether oxygens (including phenoxy) is 4. The van der Waals surface area contributed by atoms with E-state index in [4.69, 9.17) is 18.9 Å². The Hall–Kier alpha value is -2.88. The van der Waals surface area contributed by atoms with Gasteiger partial charge in [-0.1, -0.05) is 50.1 Å². The smallest absolute Gasteiger partial charge is 0.203 e. The van der Waals surface area contributed by atoms with Gasteiger partial charge in [0.1, 0.15) is 11.9 Å². The number of hydrogen-bond donors (Lipinski definition) is 0. The van der Waals surface area contributed by atoms with E-state index in [1.54, 1.807) is 21.3 Å². The summed E-state index contributed by atoms with van der Waals surface area (Å²) in [6.07, 6.45) is 4.53. The van der Waals surface area contributed by atoms with Gasteiger partial charge in [0.2, 0.25) is 5.75 Å². The summed E-state index contributed by atoms with van der Waals surface area (Å²) in [4.78, 5) is 0. The van der Waals surface area contributed by atoms with Crippen molar-refractivity contribution >= 4 is 10.8 Å². The molecule has 3 aromatic rings. The van der Waals surface area contributed by atoms with Gasteiger partial charge in [0, 0.05) is 17.4 Å². The van der Waals surface area contributed by atoms with Gasteiger partial charge in [-0.3, -0.25) is 0 Å². The lowest BCUT2D eigenvalue weighted by Crippen LogP contribution is -2.12. The summed E-state index contributed by atoms with van der Waals surface area (Å²) in [7, 11) is 4.98. The lowest BCUT2D eigenvalue weighted by Gasteiger charge is -2.19. The van der Waals surface area contributed by atoms with Crippen LogP contribution in [0, 0.1) is 0 Å². The summed E-state index contributed by atoms with van der Waals surface area (Å²) in [5.74, 6) is 2.94. The van der Waals surface area contributed by atoms with E-state index >= 15 is 0 Å². The van der Waals surface area contributed by atoms with Crippen molar-refractivity contribution < 1.29 is 18.9 Å². The van der Waals surface area contributed by atoms with Gasteiger partial charge in [0.15, 0.2) is 11.5 Å². The molecule has 1 unspecified atom stereocenters. The normalized spacial score (nSPS) is 15.1. The Labute approximate surface area is 172 Å². The van der Waals surface area contributed by atoms with E-state index in [-0.39, 0.29) is 6.10 Å². The predicted molar refractivity (Wildman–Crippen MR) is 117 cm³/mol. The van der Waals surface area contributed by atoms with Crippen LogP contribution in [-0.2, 0) is 6.42 Å². The van der Waals surface area contributed by atoms with Crippen molar-refractivity contribution in [3.8, 4) is 34.1 Å². The Morgan fingerprint density at radius 3 is 2.38 bits per heavy atom. The monoisotopic (exact) mass is 392 g/mol.